The third-order valence-corrected chi connectivity index (χ3v) is 6.45. The van der Waals surface area contributed by atoms with Crippen molar-refractivity contribution in [2.75, 3.05) is 12.3 Å². The lowest BCUT2D eigenvalue weighted by atomic mass is 9.99. The smallest absolute Gasteiger partial charge is 0.408 e. The highest BCUT2D eigenvalue weighted by atomic mass is 32.1. The van der Waals surface area contributed by atoms with Gasteiger partial charge in [-0.1, -0.05) is 36.4 Å². The second kappa shape index (κ2) is 15.5. The monoisotopic (exact) mass is 626 g/mol. The van der Waals surface area contributed by atoms with Crippen LogP contribution in [0.4, 0.5) is 4.79 Å². The molecule has 238 valence electrons. The number of amides is 3. The molecule has 3 N–H and O–H groups in total. The molecule has 0 saturated carbocycles. The maximum atomic E-state index is 14.1. The summed E-state index contributed by atoms with van der Waals surface area (Å²) in [7, 11) is 0. The molecule has 0 saturated heterocycles. The molecule has 0 fully saturated rings. The van der Waals surface area contributed by atoms with Gasteiger partial charge >= 0.3 is 12.1 Å². The van der Waals surface area contributed by atoms with Crippen molar-refractivity contribution in [3.05, 3.63) is 65.2 Å². The number of carbonyl (C=O) groups excluding carboxylic acids is 4. The number of carbonyl (C=O) groups is 4. The van der Waals surface area contributed by atoms with Crippen LogP contribution in [-0.4, -0.2) is 69.5 Å². The minimum atomic E-state index is -1.44. The summed E-state index contributed by atoms with van der Waals surface area (Å²) in [6.07, 6.45) is -0.787. The fourth-order valence-corrected chi connectivity index (χ4v) is 4.44. The summed E-state index contributed by atoms with van der Waals surface area (Å²) in [5, 5.41) is 25.1. The number of aromatic hydroxyl groups is 1. The van der Waals surface area contributed by atoms with Crippen LogP contribution >= 0.6 is 12.6 Å². The number of rotatable bonds is 11. The fraction of sp³-hybridized carbons (Fsp3) is 0.469. The van der Waals surface area contributed by atoms with E-state index >= 15 is 0 Å². The first-order valence-electron chi connectivity index (χ1n) is 14.1. The van der Waals surface area contributed by atoms with Crippen LogP contribution < -0.4 is 10.6 Å². The highest BCUT2D eigenvalue weighted by Gasteiger charge is 2.38. The first-order chi connectivity index (χ1) is 20.5. The molecule has 3 unspecified atom stereocenters. The second-order valence-corrected chi connectivity index (χ2v) is 12.6. The van der Waals surface area contributed by atoms with Gasteiger partial charge in [-0.05, 0) is 77.3 Å². The van der Waals surface area contributed by atoms with Crippen LogP contribution in [0.5, 0.6) is 5.75 Å². The summed E-state index contributed by atoms with van der Waals surface area (Å²) in [6.45, 7) is 11.2. The van der Waals surface area contributed by atoms with Crippen molar-refractivity contribution in [1.29, 1.82) is 5.26 Å². The van der Waals surface area contributed by atoms with Crippen LogP contribution in [0.25, 0.3) is 0 Å². The average molecular weight is 627 g/mol. The van der Waals surface area contributed by atoms with Crippen molar-refractivity contribution >= 4 is 36.5 Å². The molecule has 0 radical (unpaired) electrons. The number of hydrogen-bond donors (Lipinski definition) is 4. The quantitative estimate of drug-likeness (QED) is 0.166. The maximum Gasteiger partial charge on any atom is 0.408 e. The highest BCUT2D eigenvalue weighted by molar-refractivity contribution is 7.80. The Morgan fingerprint density at radius 2 is 1.57 bits per heavy atom. The summed E-state index contributed by atoms with van der Waals surface area (Å²) in [5.41, 5.74) is -0.265. The molecule has 0 aliphatic carbocycles. The number of thiol groups is 1. The Labute approximate surface area is 264 Å². The van der Waals surface area contributed by atoms with Gasteiger partial charge in [-0.3, -0.25) is 9.59 Å². The second-order valence-electron chi connectivity index (χ2n) is 12.2. The molecule has 0 heterocycles. The molecule has 0 spiro atoms. The van der Waals surface area contributed by atoms with Crippen LogP contribution in [-0.2, 0) is 30.3 Å². The molecule has 0 aliphatic rings. The third-order valence-electron chi connectivity index (χ3n) is 6.08. The van der Waals surface area contributed by atoms with Crippen molar-refractivity contribution in [1.82, 2.24) is 15.5 Å². The van der Waals surface area contributed by atoms with E-state index in [0.29, 0.717) is 5.56 Å². The molecule has 44 heavy (non-hydrogen) atoms. The Morgan fingerprint density at radius 1 is 0.955 bits per heavy atom. The largest absolute Gasteiger partial charge is 0.508 e. The Morgan fingerprint density at radius 3 is 2.09 bits per heavy atom. The molecule has 2 aromatic carbocycles. The SMILES string of the molecule is Cc1cc(C(C(=O)NC(Cc2ccccc2)C(=O)OC(C)(C)C)N(CC#N)C(=O)C(CS)NC(=O)OC(C)(C)C)ccc1O. The number of alkyl carbamates (subject to hydrolysis) is 1. The number of aryl methyl sites for hydroxylation is 1. The van der Waals surface area contributed by atoms with Crippen molar-refractivity contribution in [3.63, 3.8) is 0 Å². The molecule has 0 bridgehead atoms. The van der Waals surface area contributed by atoms with E-state index in [2.05, 4.69) is 23.3 Å². The Balaban J connectivity index is 2.57. The predicted molar refractivity (Wildman–Crippen MR) is 168 cm³/mol. The average Bonchev–Trinajstić information content (AvgIpc) is 2.91. The Hall–Kier alpha value is -4.24. The number of nitriles is 1. The minimum absolute atomic E-state index is 0.0402. The normalized spacial score (nSPS) is 13.4. The molecule has 3 amide bonds. The molecule has 0 aliphatic heterocycles. The van der Waals surface area contributed by atoms with E-state index in [4.69, 9.17) is 9.47 Å². The first kappa shape index (κ1) is 36.0. The van der Waals surface area contributed by atoms with Gasteiger partial charge in [0.1, 0.15) is 41.6 Å². The molecule has 0 aromatic heterocycles. The number of esters is 1. The Kier molecular flexibility index (Phi) is 12.6. The van der Waals surface area contributed by atoms with Gasteiger partial charge < -0.3 is 30.1 Å². The molecular weight excluding hydrogens is 584 g/mol. The molecular formula is C32H42N4O7S. The summed E-state index contributed by atoms with van der Waals surface area (Å²) >= 11 is 4.22. The standard InChI is InChI=1S/C32H42N4O7S/c1-20-17-22(13-14-25(20)37)26(36(16-15-33)28(39)24(19-44)35-30(41)43-32(5,6)7)27(38)34-23(29(40)42-31(2,3)4)18-21-11-9-8-10-12-21/h8-14,17,23-24,26,37,44H,16,18-19H2,1-7H3,(H,34,38)(H,35,41). The predicted octanol–water partition coefficient (Wildman–Crippen LogP) is 3.99. The number of phenolic OH excluding ortho intramolecular Hbond substituents is 1. The summed E-state index contributed by atoms with van der Waals surface area (Å²) in [5.74, 6) is -2.46. The zero-order valence-corrected chi connectivity index (χ0v) is 27.1. The number of phenols is 1. The lowest BCUT2D eigenvalue weighted by molar-refractivity contribution is -0.159. The lowest BCUT2D eigenvalue weighted by Crippen LogP contribution is -2.55. The van der Waals surface area contributed by atoms with Gasteiger partial charge in [0.15, 0.2) is 0 Å². The first-order valence-corrected chi connectivity index (χ1v) is 14.7. The zero-order valence-electron chi connectivity index (χ0n) is 26.2. The van der Waals surface area contributed by atoms with E-state index in [0.717, 1.165) is 10.5 Å². The van der Waals surface area contributed by atoms with Gasteiger partial charge in [0.2, 0.25) is 11.8 Å². The van der Waals surface area contributed by atoms with Crippen LogP contribution in [0, 0.1) is 18.3 Å². The summed E-state index contributed by atoms with van der Waals surface area (Å²) in [4.78, 5) is 54.8. The maximum absolute atomic E-state index is 14.1. The molecule has 11 nitrogen and oxygen atoms in total. The van der Waals surface area contributed by atoms with Crippen molar-refractivity contribution < 1.29 is 33.8 Å². The van der Waals surface area contributed by atoms with E-state index in [1.165, 1.54) is 18.2 Å². The Bertz CT molecular complexity index is 1360. The van der Waals surface area contributed by atoms with Crippen molar-refractivity contribution in [2.24, 2.45) is 0 Å². The topological polar surface area (TPSA) is 158 Å². The summed E-state index contributed by atoms with van der Waals surface area (Å²) < 4.78 is 10.9. The number of nitrogens with one attached hydrogen (secondary N) is 2. The van der Waals surface area contributed by atoms with E-state index in [1.807, 2.05) is 12.1 Å². The van der Waals surface area contributed by atoms with Gasteiger partial charge in [0.05, 0.1) is 6.07 Å². The van der Waals surface area contributed by atoms with Gasteiger partial charge in [-0.15, -0.1) is 0 Å². The number of nitrogens with zero attached hydrogens (tertiary/aromatic N) is 2. The molecule has 12 heteroatoms. The van der Waals surface area contributed by atoms with Crippen molar-refractivity contribution in [2.45, 2.75) is 84.2 Å². The van der Waals surface area contributed by atoms with Crippen LogP contribution in [0.1, 0.15) is 64.3 Å². The van der Waals surface area contributed by atoms with Gasteiger partial charge in [-0.25, -0.2) is 9.59 Å². The minimum Gasteiger partial charge on any atom is -0.508 e. The molecule has 2 rings (SSSR count). The van der Waals surface area contributed by atoms with Crippen LogP contribution in [0.15, 0.2) is 48.5 Å². The number of benzene rings is 2. The van der Waals surface area contributed by atoms with E-state index in [-0.39, 0.29) is 23.5 Å². The fourth-order valence-electron chi connectivity index (χ4n) is 4.20. The van der Waals surface area contributed by atoms with Gasteiger partial charge in [-0.2, -0.15) is 17.9 Å². The van der Waals surface area contributed by atoms with E-state index in [1.54, 1.807) is 72.7 Å². The number of hydrogen-bond acceptors (Lipinski definition) is 9. The lowest BCUT2D eigenvalue weighted by Gasteiger charge is -2.33. The molecule has 2 aromatic rings. The summed E-state index contributed by atoms with van der Waals surface area (Å²) in [6, 6.07) is 11.4. The highest BCUT2D eigenvalue weighted by Crippen LogP contribution is 2.27. The zero-order chi connectivity index (χ0) is 33.2. The van der Waals surface area contributed by atoms with Crippen LogP contribution in [0.2, 0.25) is 0 Å². The van der Waals surface area contributed by atoms with Gasteiger partial charge in [0, 0.05) is 12.2 Å². The van der Waals surface area contributed by atoms with Crippen LogP contribution in [0.3, 0.4) is 0 Å². The van der Waals surface area contributed by atoms with E-state index in [9.17, 15) is 29.5 Å². The van der Waals surface area contributed by atoms with Gasteiger partial charge in [0.25, 0.3) is 0 Å². The van der Waals surface area contributed by atoms with E-state index < -0.39 is 59.7 Å². The third kappa shape index (κ3) is 11.1. The molecule has 3 atom stereocenters. The number of ether oxygens (including phenoxy) is 2. The van der Waals surface area contributed by atoms with Crippen molar-refractivity contribution in [3.8, 4) is 11.8 Å².